The number of carbonyl (C=O) groups excluding carboxylic acids is 1. The Kier molecular flexibility index (Phi) is 8.87. The summed E-state index contributed by atoms with van der Waals surface area (Å²) < 4.78 is 25.0. The third kappa shape index (κ3) is 9.67. The largest absolute Gasteiger partial charge is 0.772 e. The highest BCUT2D eigenvalue weighted by Crippen LogP contribution is 1.99. The standard InChI is InChI=1S/C9H18O4S/c1-2-3-4-5-7-13-9(10)6-8-14(11)12/h2-8H2,1H3,(H,11,12)/p-1. The van der Waals surface area contributed by atoms with Gasteiger partial charge in [-0.05, 0) is 6.42 Å². The Labute approximate surface area is 87.3 Å². The molecule has 14 heavy (non-hydrogen) atoms. The summed E-state index contributed by atoms with van der Waals surface area (Å²) in [6, 6.07) is 0. The summed E-state index contributed by atoms with van der Waals surface area (Å²) in [4.78, 5) is 10.9. The summed E-state index contributed by atoms with van der Waals surface area (Å²) in [5.74, 6) is -0.570. The van der Waals surface area contributed by atoms with Gasteiger partial charge in [-0.25, -0.2) is 0 Å². The zero-order valence-electron chi connectivity index (χ0n) is 8.49. The van der Waals surface area contributed by atoms with Gasteiger partial charge in [0, 0.05) is 5.75 Å². The van der Waals surface area contributed by atoms with Gasteiger partial charge < -0.3 is 9.29 Å². The molecular weight excluding hydrogens is 204 g/mol. The highest BCUT2D eigenvalue weighted by Gasteiger charge is 2.01. The predicted octanol–water partition coefficient (Wildman–Crippen LogP) is 1.38. The van der Waals surface area contributed by atoms with Crippen LogP contribution in [0.2, 0.25) is 0 Å². The first-order valence-corrected chi connectivity index (χ1v) is 6.12. The van der Waals surface area contributed by atoms with E-state index in [0.29, 0.717) is 6.61 Å². The van der Waals surface area contributed by atoms with Crippen LogP contribution in [-0.4, -0.2) is 27.1 Å². The molecule has 0 aliphatic rings. The highest BCUT2D eigenvalue weighted by molar-refractivity contribution is 7.79. The van der Waals surface area contributed by atoms with Crippen molar-refractivity contribution in [2.45, 2.75) is 39.0 Å². The predicted molar refractivity (Wildman–Crippen MR) is 53.5 cm³/mol. The van der Waals surface area contributed by atoms with Gasteiger partial charge in [0.25, 0.3) is 0 Å². The molecule has 4 nitrogen and oxygen atoms in total. The van der Waals surface area contributed by atoms with E-state index in [0.717, 1.165) is 25.7 Å². The van der Waals surface area contributed by atoms with E-state index in [4.69, 9.17) is 4.74 Å². The minimum absolute atomic E-state index is 0.0378. The molecule has 0 amide bonds. The van der Waals surface area contributed by atoms with Crippen molar-refractivity contribution in [1.29, 1.82) is 0 Å². The second kappa shape index (κ2) is 9.15. The van der Waals surface area contributed by atoms with Gasteiger partial charge in [0.2, 0.25) is 0 Å². The fourth-order valence-electron chi connectivity index (χ4n) is 0.954. The molecule has 5 heteroatoms. The first-order valence-electron chi connectivity index (χ1n) is 4.88. The third-order valence-corrected chi connectivity index (χ3v) is 2.27. The molecule has 0 fully saturated rings. The van der Waals surface area contributed by atoms with E-state index in [9.17, 15) is 13.6 Å². The van der Waals surface area contributed by atoms with Crippen molar-refractivity contribution in [2.75, 3.05) is 12.4 Å². The van der Waals surface area contributed by atoms with Gasteiger partial charge in [0.05, 0.1) is 13.0 Å². The highest BCUT2D eigenvalue weighted by atomic mass is 32.2. The summed E-state index contributed by atoms with van der Waals surface area (Å²) in [5.41, 5.74) is 0. The smallest absolute Gasteiger partial charge is 0.306 e. The zero-order valence-corrected chi connectivity index (χ0v) is 9.31. The lowest BCUT2D eigenvalue weighted by atomic mass is 10.2. The first kappa shape index (κ1) is 13.6. The van der Waals surface area contributed by atoms with Crippen molar-refractivity contribution < 1.29 is 18.3 Å². The van der Waals surface area contributed by atoms with Gasteiger partial charge in [-0.2, -0.15) is 0 Å². The number of unbranched alkanes of at least 4 members (excludes halogenated alkanes) is 3. The third-order valence-electron chi connectivity index (χ3n) is 1.73. The van der Waals surface area contributed by atoms with Crippen LogP contribution in [0.3, 0.4) is 0 Å². The second-order valence-electron chi connectivity index (χ2n) is 3.04. The Morgan fingerprint density at radius 3 is 2.64 bits per heavy atom. The van der Waals surface area contributed by atoms with Crippen LogP contribution >= 0.6 is 0 Å². The van der Waals surface area contributed by atoms with Crippen molar-refractivity contribution in [1.82, 2.24) is 0 Å². The van der Waals surface area contributed by atoms with Gasteiger partial charge in [-0.3, -0.25) is 9.00 Å². The molecule has 0 aromatic heterocycles. The molecule has 1 unspecified atom stereocenters. The summed E-state index contributed by atoms with van der Waals surface area (Å²) in [7, 11) is 0. The molecule has 0 spiro atoms. The fraction of sp³-hybridized carbons (Fsp3) is 0.889. The van der Waals surface area contributed by atoms with Gasteiger partial charge in [0.15, 0.2) is 0 Å². The van der Waals surface area contributed by atoms with Crippen molar-refractivity contribution in [2.24, 2.45) is 0 Å². The second-order valence-corrected chi connectivity index (χ2v) is 4.05. The molecular formula is C9H17O4S-. The molecule has 0 aliphatic carbocycles. The first-order chi connectivity index (χ1) is 6.66. The van der Waals surface area contributed by atoms with Gasteiger partial charge in [-0.1, -0.05) is 37.3 Å². The lowest BCUT2D eigenvalue weighted by Crippen LogP contribution is -2.09. The molecule has 0 radical (unpaired) electrons. The summed E-state index contributed by atoms with van der Waals surface area (Å²) in [6.07, 6.45) is 4.16. The fourth-order valence-corrected chi connectivity index (χ4v) is 1.29. The molecule has 84 valence electrons. The number of hydrogen-bond acceptors (Lipinski definition) is 4. The van der Waals surface area contributed by atoms with Crippen LogP contribution in [-0.2, 0) is 20.6 Å². The average molecular weight is 221 g/mol. The number of ether oxygens (including phenoxy) is 1. The van der Waals surface area contributed by atoms with E-state index in [1.54, 1.807) is 0 Å². The Bertz CT molecular complexity index is 182. The SMILES string of the molecule is CCCCCCOC(=O)CCS(=O)[O-]. The van der Waals surface area contributed by atoms with Crippen LogP contribution in [0.1, 0.15) is 39.0 Å². The molecule has 0 saturated heterocycles. The average Bonchev–Trinajstić information content (AvgIpc) is 2.14. The zero-order chi connectivity index (χ0) is 10.8. The summed E-state index contributed by atoms with van der Waals surface area (Å²) >= 11 is -2.15. The van der Waals surface area contributed by atoms with Crippen LogP contribution in [0.5, 0.6) is 0 Å². The quantitative estimate of drug-likeness (QED) is 0.353. The molecule has 0 rings (SSSR count). The van der Waals surface area contributed by atoms with Crippen LogP contribution in [0, 0.1) is 0 Å². The van der Waals surface area contributed by atoms with Gasteiger partial charge in [-0.15, -0.1) is 0 Å². The van der Waals surface area contributed by atoms with Crippen molar-refractivity contribution in [3.63, 3.8) is 0 Å². The maximum Gasteiger partial charge on any atom is 0.306 e. The molecule has 0 heterocycles. The van der Waals surface area contributed by atoms with E-state index < -0.39 is 17.0 Å². The number of rotatable bonds is 8. The lowest BCUT2D eigenvalue weighted by molar-refractivity contribution is -0.143. The summed E-state index contributed by atoms with van der Waals surface area (Å²) in [5, 5.41) is 0. The van der Waals surface area contributed by atoms with E-state index in [-0.39, 0.29) is 12.2 Å². The molecule has 0 aromatic carbocycles. The number of carbonyl (C=O) groups is 1. The van der Waals surface area contributed by atoms with Crippen LogP contribution < -0.4 is 0 Å². The van der Waals surface area contributed by atoms with Crippen LogP contribution in [0.25, 0.3) is 0 Å². The summed E-state index contributed by atoms with van der Waals surface area (Å²) in [6.45, 7) is 2.51. The Morgan fingerprint density at radius 1 is 1.36 bits per heavy atom. The van der Waals surface area contributed by atoms with E-state index >= 15 is 0 Å². The van der Waals surface area contributed by atoms with Crippen molar-refractivity contribution >= 4 is 17.0 Å². The number of hydrogen-bond donors (Lipinski definition) is 0. The van der Waals surface area contributed by atoms with Crippen molar-refractivity contribution in [3.05, 3.63) is 0 Å². The molecule has 1 atom stereocenters. The molecule has 0 bridgehead atoms. The minimum Gasteiger partial charge on any atom is -0.772 e. The lowest BCUT2D eigenvalue weighted by Gasteiger charge is -2.05. The monoisotopic (exact) mass is 221 g/mol. The Balaban J connectivity index is 3.22. The molecule has 0 aromatic rings. The number of esters is 1. The molecule has 0 aliphatic heterocycles. The van der Waals surface area contributed by atoms with Gasteiger partial charge >= 0.3 is 5.97 Å². The van der Waals surface area contributed by atoms with E-state index in [2.05, 4.69) is 6.92 Å². The Hall–Kier alpha value is -0.420. The minimum atomic E-state index is -2.15. The van der Waals surface area contributed by atoms with Crippen LogP contribution in [0.15, 0.2) is 0 Å². The molecule has 0 saturated carbocycles. The van der Waals surface area contributed by atoms with E-state index in [1.807, 2.05) is 0 Å². The maximum absolute atomic E-state index is 10.9. The normalized spacial score (nSPS) is 12.4. The van der Waals surface area contributed by atoms with Gasteiger partial charge in [0.1, 0.15) is 0 Å². The Morgan fingerprint density at radius 2 is 2.07 bits per heavy atom. The van der Waals surface area contributed by atoms with Crippen molar-refractivity contribution in [3.8, 4) is 0 Å². The van der Waals surface area contributed by atoms with Crippen LogP contribution in [0.4, 0.5) is 0 Å². The molecule has 0 N–H and O–H groups in total. The topological polar surface area (TPSA) is 66.4 Å². The van der Waals surface area contributed by atoms with E-state index in [1.165, 1.54) is 0 Å². The maximum atomic E-state index is 10.9.